The molecule has 1 N–H and O–H groups in total. The number of nitrogens with one attached hydrogen (secondary N) is 1. The molecule has 0 radical (unpaired) electrons. The lowest BCUT2D eigenvalue weighted by molar-refractivity contribution is 0.961. The van der Waals surface area contributed by atoms with E-state index in [2.05, 4.69) is 22.1 Å². The monoisotopic (exact) mass is 211 g/mol. The Balaban J connectivity index is 2.78. The van der Waals surface area contributed by atoms with Crippen molar-refractivity contribution in [3.8, 4) is 0 Å². The number of hydrogen-bond donors (Lipinski definition) is 1. The van der Waals surface area contributed by atoms with E-state index in [1.165, 1.54) is 0 Å². The molecule has 0 aliphatic carbocycles. The summed E-state index contributed by atoms with van der Waals surface area (Å²) < 4.78 is 0. The van der Waals surface area contributed by atoms with Crippen molar-refractivity contribution in [2.24, 2.45) is 0 Å². The zero-order chi connectivity index (χ0) is 10.6. The van der Waals surface area contributed by atoms with Crippen molar-refractivity contribution in [3.63, 3.8) is 0 Å². The predicted molar refractivity (Wildman–Crippen MR) is 59.8 cm³/mol. The van der Waals surface area contributed by atoms with E-state index < -0.39 is 0 Å². The fourth-order valence-electron chi connectivity index (χ4n) is 1.04. The summed E-state index contributed by atoms with van der Waals surface area (Å²) in [6, 6.07) is 0. The maximum atomic E-state index is 5.83. The Hall–Kier alpha value is -1.09. The van der Waals surface area contributed by atoms with Crippen LogP contribution in [0.2, 0.25) is 5.15 Å². The van der Waals surface area contributed by atoms with Crippen LogP contribution < -0.4 is 5.32 Å². The fraction of sp³-hybridized carbons (Fsp3) is 0.400. The molecule has 1 heterocycles. The maximum Gasteiger partial charge on any atom is 0.155 e. The van der Waals surface area contributed by atoms with Gasteiger partial charge >= 0.3 is 0 Å². The van der Waals surface area contributed by atoms with E-state index in [0.29, 0.717) is 5.15 Å². The van der Waals surface area contributed by atoms with Crippen molar-refractivity contribution >= 4 is 17.4 Å². The second-order valence-corrected chi connectivity index (χ2v) is 3.45. The first-order valence-corrected chi connectivity index (χ1v) is 4.88. The van der Waals surface area contributed by atoms with Gasteiger partial charge in [-0.25, -0.2) is 0 Å². The number of hydrogen-bond acceptors (Lipinski definition) is 3. The minimum atomic E-state index is 0.469. The Labute approximate surface area is 89.2 Å². The molecule has 4 heteroatoms. The average Bonchev–Trinajstić information content (AvgIpc) is 2.18. The van der Waals surface area contributed by atoms with Crippen LogP contribution in [0.15, 0.2) is 12.7 Å². The predicted octanol–water partition coefficient (Wildman–Crippen LogP) is 2.73. The van der Waals surface area contributed by atoms with E-state index in [-0.39, 0.29) is 0 Å². The van der Waals surface area contributed by atoms with E-state index in [1.807, 2.05) is 19.9 Å². The van der Waals surface area contributed by atoms with Gasteiger partial charge < -0.3 is 5.32 Å². The van der Waals surface area contributed by atoms with Crippen molar-refractivity contribution in [3.05, 3.63) is 28.9 Å². The molecule has 0 saturated heterocycles. The molecule has 0 spiro atoms. The first kappa shape index (κ1) is 11.0. The third-order valence-electron chi connectivity index (χ3n) is 2.11. The minimum Gasteiger partial charge on any atom is -0.368 e. The molecule has 0 amide bonds. The van der Waals surface area contributed by atoms with E-state index in [4.69, 9.17) is 11.6 Å². The molecule has 3 nitrogen and oxygen atoms in total. The van der Waals surface area contributed by atoms with Gasteiger partial charge in [-0.15, -0.1) is 16.8 Å². The van der Waals surface area contributed by atoms with Crippen molar-refractivity contribution in [1.82, 2.24) is 10.2 Å². The van der Waals surface area contributed by atoms with Crippen molar-refractivity contribution in [1.29, 1.82) is 0 Å². The Bertz CT molecular complexity index is 336. The summed E-state index contributed by atoms with van der Waals surface area (Å²) >= 11 is 5.83. The molecular formula is C10H14ClN3. The highest BCUT2D eigenvalue weighted by Gasteiger charge is 2.06. The molecule has 0 fully saturated rings. The summed E-state index contributed by atoms with van der Waals surface area (Å²) in [5.74, 6) is 0.800. The lowest BCUT2D eigenvalue weighted by atomic mass is 10.2. The zero-order valence-corrected chi connectivity index (χ0v) is 9.23. The van der Waals surface area contributed by atoms with Gasteiger partial charge in [0.15, 0.2) is 11.0 Å². The molecule has 0 atom stereocenters. The fourth-order valence-corrected chi connectivity index (χ4v) is 1.22. The first-order valence-electron chi connectivity index (χ1n) is 4.51. The van der Waals surface area contributed by atoms with Gasteiger partial charge in [-0.2, -0.15) is 0 Å². The summed E-state index contributed by atoms with van der Waals surface area (Å²) in [4.78, 5) is 0. The van der Waals surface area contributed by atoms with E-state index in [0.717, 1.165) is 29.9 Å². The topological polar surface area (TPSA) is 37.8 Å². The quantitative estimate of drug-likeness (QED) is 0.615. The third-order valence-corrected chi connectivity index (χ3v) is 2.46. The largest absolute Gasteiger partial charge is 0.368 e. The van der Waals surface area contributed by atoms with Crippen molar-refractivity contribution in [2.75, 3.05) is 11.9 Å². The smallest absolute Gasteiger partial charge is 0.155 e. The van der Waals surface area contributed by atoms with Crippen LogP contribution in [0.5, 0.6) is 0 Å². The number of aromatic nitrogens is 2. The van der Waals surface area contributed by atoms with Crippen LogP contribution in [0.25, 0.3) is 0 Å². The molecular weight excluding hydrogens is 198 g/mol. The van der Waals surface area contributed by atoms with E-state index in [1.54, 1.807) is 0 Å². The number of anilines is 1. The molecule has 0 aromatic carbocycles. The Morgan fingerprint density at radius 1 is 1.36 bits per heavy atom. The highest BCUT2D eigenvalue weighted by molar-refractivity contribution is 6.30. The minimum absolute atomic E-state index is 0.469. The highest BCUT2D eigenvalue weighted by Crippen LogP contribution is 2.20. The summed E-state index contributed by atoms with van der Waals surface area (Å²) in [6.07, 6.45) is 2.77. The molecule has 14 heavy (non-hydrogen) atoms. The van der Waals surface area contributed by atoms with Gasteiger partial charge in [0.1, 0.15) is 0 Å². The summed E-state index contributed by atoms with van der Waals surface area (Å²) in [5.41, 5.74) is 2.02. The van der Waals surface area contributed by atoms with Crippen LogP contribution in [0.3, 0.4) is 0 Å². The van der Waals surface area contributed by atoms with Crippen LogP contribution in [0, 0.1) is 13.8 Å². The van der Waals surface area contributed by atoms with Crippen molar-refractivity contribution < 1.29 is 0 Å². The van der Waals surface area contributed by atoms with Crippen molar-refractivity contribution in [2.45, 2.75) is 20.3 Å². The molecule has 0 saturated carbocycles. The lowest BCUT2D eigenvalue weighted by Gasteiger charge is -2.08. The first-order chi connectivity index (χ1) is 6.66. The van der Waals surface area contributed by atoms with Crippen LogP contribution in [-0.2, 0) is 0 Å². The summed E-state index contributed by atoms with van der Waals surface area (Å²) in [7, 11) is 0. The molecule has 76 valence electrons. The Morgan fingerprint density at radius 2 is 2.07 bits per heavy atom. The third kappa shape index (κ3) is 2.45. The average molecular weight is 212 g/mol. The number of rotatable bonds is 4. The van der Waals surface area contributed by atoms with Gasteiger partial charge in [-0.05, 0) is 31.4 Å². The van der Waals surface area contributed by atoms with Crippen LogP contribution >= 0.6 is 11.6 Å². The van der Waals surface area contributed by atoms with Gasteiger partial charge in [0.25, 0.3) is 0 Å². The van der Waals surface area contributed by atoms with Gasteiger partial charge in [0.2, 0.25) is 0 Å². The lowest BCUT2D eigenvalue weighted by Crippen LogP contribution is -2.06. The SMILES string of the molecule is C=CCCNc1nnc(Cl)c(C)c1C. The van der Waals surface area contributed by atoms with Crippen LogP contribution in [0.1, 0.15) is 17.5 Å². The highest BCUT2D eigenvalue weighted by atomic mass is 35.5. The van der Waals surface area contributed by atoms with Gasteiger partial charge in [-0.1, -0.05) is 17.7 Å². The van der Waals surface area contributed by atoms with Crippen LogP contribution in [0.4, 0.5) is 5.82 Å². The number of halogens is 1. The molecule has 1 aromatic heterocycles. The maximum absolute atomic E-state index is 5.83. The van der Waals surface area contributed by atoms with E-state index >= 15 is 0 Å². The second kappa shape index (κ2) is 4.96. The molecule has 0 aliphatic heterocycles. The Kier molecular flexibility index (Phi) is 3.89. The normalized spacial score (nSPS) is 9.93. The Morgan fingerprint density at radius 3 is 2.71 bits per heavy atom. The molecule has 0 unspecified atom stereocenters. The standard InChI is InChI=1S/C10H14ClN3/c1-4-5-6-12-10-8(3)7(2)9(11)13-14-10/h4H,1,5-6H2,2-3H3,(H,12,14). The van der Waals surface area contributed by atoms with E-state index in [9.17, 15) is 0 Å². The molecule has 1 aromatic rings. The second-order valence-electron chi connectivity index (χ2n) is 3.09. The molecule has 1 rings (SSSR count). The molecule has 0 aliphatic rings. The van der Waals surface area contributed by atoms with Crippen LogP contribution in [-0.4, -0.2) is 16.7 Å². The zero-order valence-electron chi connectivity index (χ0n) is 8.47. The number of nitrogens with zero attached hydrogens (tertiary/aromatic N) is 2. The summed E-state index contributed by atoms with van der Waals surface area (Å²) in [5, 5.41) is 11.5. The van der Waals surface area contributed by atoms with Gasteiger partial charge in [0.05, 0.1) is 0 Å². The summed E-state index contributed by atoms with van der Waals surface area (Å²) in [6.45, 7) is 8.38. The van der Waals surface area contributed by atoms with Gasteiger partial charge in [-0.3, -0.25) is 0 Å². The molecule has 0 bridgehead atoms. The van der Waals surface area contributed by atoms with Gasteiger partial charge in [0, 0.05) is 6.54 Å².